The van der Waals surface area contributed by atoms with Crippen LogP contribution >= 0.6 is 12.2 Å². The summed E-state index contributed by atoms with van der Waals surface area (Å²) in [5.74, 6) is -1.02. The van der Waals surface area contributed by atoms with E-state index >= 15 is 0 Å². The van der Waals surface area contributed by atoms with Crippen molar-refractivity contribution in [2.24, 2.45) is 5.92 Å². The molecule has 2 N–H and O–H groups in total. The van der Waals surface area contributed by atoms with E-state index in [-0.39, 0.29) is 18.1 Å². The largest absolute Gasteiger partial charge is 0.462 e. The number of halogens is 3. The molecule has 2 aromatic rings. The molecule has 3 rings (SSSR count). The topological polar surface area (TPSA) is 70.7 Å². The lowest BCUT2D eigenvalue weighted by molar-refractivity contribution is -0.140. The van der Waals surface area contributed by atoms with Crippen molar-refractivity contribution in [1.29, 1.82) is 0 Å². The lowest BCUT2D eigenvalue weighted by Gasteiger charge is -2.35. The fourth-order valence-corrected chi connectivity index (χ4v) is 3.76. The third-order valence-electron chi connectivity index (χ3n) is 5.45. The number of amides is 1. The van der Waals surface area contributed by atoms with Gasteiger partial charge in [0.2, 0.25) is 0 Å². The van der Waals surface area contributed by atoms with Crippen molar-refractivity contribution in [3.8, 4) is 0 Å². The Hall–Kier alpha value is -3.40. The highest BCUT2D eigenvalue weighted by molar-refractivity contribution is 7.80. The van der Waals surface area contributed by atoms with Crippen LogP contribution in [-0.4, -0.2) is 35.5 Å². The van der Waals surface area contributed by atoms with E-state index in [0.717, 1.165) is 12.1 Å². The van der Waals surface area contributed by atoms with Crippen molar-refractivity contribution in [2.45, 2.75) is 33.0 Å². The van der Waals surface area contributed by atoms with Crippen LogP contribution in [0.5, 0.6) is 0 Å². The molecule has 186 valence electrons. The number of nitrogens with one attached hydrogen (secondary N) is 2. The predicted octanol–water partition coefficient (Wildman–Crippen LogP) is 5.29. The molecule has 1 aliphatic rings. The normalized spacial score (nSPS) is 16.3. The summed E-state index contributed by atoms with van der Waals surface area (Å²) in [7, 11) is 1.74. The number of anilines is 1. The molecular formula is C25H26F3N3O3S. The number of hydrogen-bond donors (Lipinski definition) is 2. The van der Waals surface area contributed by atoms with Crippen molar-refractivity contribution in [1.82, 2.24) is 10.2 Å². The van der Waals surface area contributed by atoms with Crippen molar-refractivity contribution >= 4 is 34.9 Å². The smallest absolute Gasteiger partial charge is 0.416 e. The quantitative estimate of drug-likeness (QED) is 0.411. The Morgan fingerprint density at radius 3 is 2.51 bits per heavy atom. The fraction of sp³-hybridized carbons (Fsp3) is 0.320. The van der Waals surface area contributed by atoms with Gasteiger partial charge in [0.15, 0.2) is 5.11 Å². The monoisotopic (exact) mass is 505 g/mol. The molecule has 0 radical (unpaired) electrons. The summed E-state index contributed by atoms with van der Waals surface area (Å²) in [6.45, 7) is 5.89. The first-order valence-electron chi connectivity index (χ1n) is 10.9. The van der Waals surface area contributed by atoms with Crippen LogP contribution in [0.1, 0.15) is 48.3 Å². The molecule has 0 aliphatic carbocycles. The molecule has 2 aromatic carbocycles. The van der Waals surface area contributed by atoms with Gasteiger partial charge in [-0.1, -0.05) is 32.0 Å². The number of hydrogen-bond acceptors (Lipinski definition) is 4. The van der Waals surface area contributed by atoms with Crippen LogP contribution in [0.4, 0.5) is 18.9 Å². The van der Waals surface area contributed by atoms with Crippen molar-refractivity contribution in [3.63, 3.8) is 0 Å². The van der Waals surface area contributed by atoms with Crippen LogP contribution in [0, 0.1) is 5.92 Å². The lowest BCUT2D eigenvalue weighted by Crippen LogP contribution is -2.46. The van der Waals surface area contributed by atoms with E-state index < -0.39 is 29.7 Å². The second-order valence-corrected chi connectivity index (χ2v) is 8.98. The number of allylic oxidation sites excluding steroid dienone is 1. The van der Waals surface area contributed by atoms with E-state index in [9.17, 15) is 22.8 Å². The number of nitrogens with zero attached hydrogens (tertiary/aromatic N) is 1. The Morgan fingerprint density at radius 2 is 1.86 bits per heavy atom. The van der Waals surface area contributed by atoms with Crippen molar-refractivity contribution < 1.29 is 27.5 Å². The lowest BCUT2D eigenvalue weighted by atomic mass is 9.94. The molecule has 6 nitrogen and oxygen atoms in total. The van der Waals surface area contributed by atoms with Crippen LogP contribution in [0.3, 0.4) is 0 Å². The molecule has 0 spiro atoms. The van der Waals surface area contributed by atoms with E-state index in [1.54, 1.807) is 43.1 Å². The molecule has 1 atom stereocenters. The van der Waals surface area contributed by atoms with Crippen LogP contribution in [0.15, 0.2) is 59.8 Å². The second-order valence-electron chi connectivity index (χ2n) is 8.59. The molecule has 0 bridgehead atoms. The van der Waals surface area contributed by atoms with E-state index in [1.165, 1.54) is 12.1 Å². The number of alkyl halides is 3. The first kappa shape index (κ1) is 26.2. The van der Waals surface area contributed by atoms with Gasteiger partial charge in [0.05, 0.1) is 23.8 Å². The molecular weight excluding hydrogens is 479 g/mol. The standard InChI is InChI=1S/C25H26F3N3O3S/c1-14(2)13-34-23(33)20-15(3)31(4)24(35)30-21(20)16-7-6-10-19(12-16)29-22(32)17-8-5-9-18(11-17)25(26,27)28/h5-12,14,21H,13H2,1-4H3,(H,29,32)(H,30,35). The first-order chi connectivity index (χ1) is 16.4. The highest BCUT2D eigenvalue weighted by atomic mass is 32.1. The number of esters is 1. The zero-order valence-corrected chi connectivity index (χ0v) is 20.5. The highest BCUT2D eigenvalue weighted by Crippen LogP contribution is 2.33. The highest BCUT2D eigenvalue weighted by Gasteiger charge is 2.34. The summed E-state index contributed by atoms with van der Waals surface area (Å²) in [6.07, 6.45) is -4.56. The van der Waals surface area contributed by atoms with Gasteiger partial charge in [-0.05, 0) is 61.0 Å². The maximum atomic E-state index is 13.0. The van der Waals surface area contributed by atoms with E-state index in [0.29, 0.717) is 27.6 Å². The van der Waals surface area contributed by atoms with E-state index in [1.807, 2.05) is 13.8 Å². The average molecular weight is 506 g/mol. The van der Waals surface area contributed by atoms with Gasteiger partial charge in [0.25, 0.3) is 5.91 Å². The number of carbonyl (C=O) groups excluding carboxylic acids is 2. The first-order valence-corrected chi connectivity index (χ1v) is 11.3. The third-order valence-corrected chi connectivity index (χ3v) is 5.84. The van der Waals surface area contributed by atoms with Crippen LogP contribution in [0.2, 0.25) is 0 Å². The Balaban J connectivity index is 1.89. The minimum absolute atomic E-state index is 0.127. The molecule has 1 aliphatic heterocycles. The van der Waals surface area contributed by atoms with E-state index in [4.69, 9.17) is 17.0 Å². The van der Waals surface area contributed by atoms with Gasteiger partial charge in [0.1, 0.15) is 0 Å². The molecule has 1 amide bonds. The zero-order valence-electron chi connectivity index (χ0n) is 19.7. The van der Waals surface area contributed by atoms with Gasteiger partial charge < -0.3 is 20.3 Å². The maximum absolute atomic E-state index is 13.0. The molecule has 1 heterocycles. The summed E-state index contributed by atoms with van der Waals surface area (Å²) in [4.78, 5) is 27.3. The Labute approximate surface area is 207 Å². The minimum atomic E-state index is -4.56. The molecule has 0 saturated heterocycles. The molecule has 10 heteroatoms. The maximum Gasteiger partial charge on any atom is 0.416 e. The predicted molar refractivity (Wildman–Crippen MR) is 131 cm³/mol. The van der Waals surface area contributed by atoms with Gasteiger partial charge >= 0.3 is 12.1 Å². The van der Waals surface area contributed by atoms with Gasteiger partial charge in [-0.25, -0.2) is 4.79 Å². The van der Waals surface area contributed by atoms with Crippen LogP contribution in [-0.2, 0) is 15.7 Å². The van der Waals surface area contributed by atoms with Crippen LogP contribution in [0.25, 0.3) is 0 Å². The Morgan fingerprint density at radius 1 is 1.17 bits per heavy atom. The van der Waals surface area contributed by atoms with Gasteiger partial charge in [0, 0.05) is 24.0 Å². The SMILES string of the molecule is CC1=C(C(=O)OCC(C)C)C(c2cccc(NC(=O)c3cccc(C(F)(F)F)c3)c2)NC(=S)N1C. The number of rotatable bonds is 6. The number of benzene rings is 2. The van der Waals surface area contributed by atoms with Gasteiger partial charge in [-0.3, -0.25) is 4.79 Å². The van der Waals surface area contributed by atoms with E-state index in [2.05, 4.69) is 10.6 Å². The second kappa shape index (κ2) is 10.5. The summed E-state index contributed by atoms with van der Waals surface area (Å²) in [5, 5.41) is 6.16. The van der Waals surface area contributed by atoms with Gasteiger partial charge in [-0.2, -0.15) is 13.2 Å². The molecule has 1 unspecified atom stereocenters. The Bertz CT molecular complexity index is 1180. The average Bonchev–Trinajstić information content (AvgIpc) is 2.80. The van der Waals surface area contributed by atoms with Gasteiger partial charge in [-0.15, -0.1) is 0 Å². The molecule has 0 aromatic heterocycles. The summed E-state index contributed by atoms with van der Waals surface area (Å²) < 4.78 is 44.5. The molecule has 35 heavy (non-hydrogen) atoms. The summed E-state index contributed by atoms with van der Waals surface area (Å²) >= 11 is 5.40. The number of ether oxygens (including phenoxy) is 1. The number of carbonyl (C=O) groups is 2. The molecule has 0 fully saturated rings. The fourth-order valence-electron chi connectivity index (χ4n) is 3.51. The number of thiocarbonyl (C=S) groups is 1. The summed E-state index contributed by atoms with van der Waals surface area (Å²) in [6, 6.07) is 10.2. The zero-order chi connectivity index (χ0) is 25.9. The molecule has 0 saturated carbocycles. The van der Waals surface area contributed by atoms with Crippen molar-refractivity contribution in [3.05, 3.63) is 76.5 Å². The summed E-state index contributed by atoms with van der Waals surface area (Å²) in [5.41, 5.74) is 0.946. The van der Waals surface area contributed by atoms with Crippen molar-refractivity contribution in [2.75, 3.05) is 19.0 Å². The van der Waals surface area contributed by atoms with Crippen LogP contribution < -0.4 is 10.6 Å². The minimum Gasteiger partial charge on any atom is -0.462 e. The Kier molecular flexibility index (Phi) is 7.84. The third kappa shape index (κ3) is 6.19.